The van der Waals surface area contributed by atoms with E-state index in [1.54, 1.807) is 7.11 Å². The van der Waals surface area contributed by atoms with Crippen molar-refractivity contribution >= 4 is 0 Å². The van der Waals surface area contributed by atoms with Crippen molar-refractivity contribution in [2.75, 3.05) is 20.3 Å². The van der Waals surface area contributed by atoms with Crippen LogP contribution in [0, 0.1) is 5.92 Å². The van der Waals surface area contributed by atoms with Gasteiger partial charge in [0.2, 0.25) is 0 Å². The van der Waals surface area contributed by atoms with E-state index in [0.29, 0.717) is 6.61 Å². The lowest BCUT2D eigenvalue weighted by Gasteiger charge is -2.08. The number of rotatable bonds is 6. The second-order valence-electron chi connectivity index (χ2n) is 4.17. The number of methoxy groups -OCH3 is 1. The molecular weight excluding hydrogens is 178 g/mol. The Morgan fingerprint density at radius 1 is 1.21 bits per heavy atom. The van der Waals surface area contributed by atoms with Gasteiger partial charge in [0.15, 0.2) is 0 Å². The molecule has 88 valence electrons. The molecule has 0 aromatic carbocycles. The normalized spacial score (nSPS) is 12.2. The van der Waals surface area contributed by atoms with Crippen molar-refractivity contribution in [3.05, 3.63) is 0 Å². The van der Waals surface area contributed by atoms with Crippen LogP contribution in [-0.2, 0) is 4.74 Å². The molecule has 3 N–H and O–H groups in total. The first-order chi connectivity index (χ1) is 6.54. The Labute approximate surface area is 88.6 Å². The first kappa shape index (κ1) is 16.3. The van der Waals surface area contributed by atoms with E-state index < -0.39 is 0 Å². The van der Waals surface area contributed by atoms with Crippen molar-refractivity contribution in [2.24, 2.45) is 11.7 Å². The topological polar surface area (TPSA) is 55.5 Å². The molecule has 0 rings (SSSR count). The van der Waals surface area contributed by atoms with Crippen LogP contribution in [0.15, 0.2) is 0 Å². The average Bonchev–Trinajstić information content (AvgIpc) is 2.04. The summed E-state index contributed by atoms with van der Waals surface area (Å²) in [6.45, 7) is 7.38. The molecule has 14 heavy (non-hydrogen) atoms. The number of ether oxygens (including phenoxy) is 1. The number of hydrogen-bond donors (Lipinski definition) is 2. The molecule has 0 saturated carbocycles. The maximum Gasteiger partial charge on any atom is 0.0613 e. The predicted molar refractivity (Wildman–Crippen MR) is 61.3 cm³/mol. The van der Waals surface area contributed by atoms with Crippen molar-refractivity contribution in [1.29, 1.82) is 0 Å². The van der Waals surface area contributed by atoms with Gasteiger partial charge in [-0.15, -0.1) is 0 Å². The quantitative estimate of drug-likeness (QED) is 0.650. The third-order valence-electron chi connectivity index (χ3n) is 1.36. The molecule has 0 saturated heterocycles. The van der Waals surface area contributed by atoms with E-state index >= 15 is 0 Å². The molecule has 1 unspecified atom stereocenters. The molecule has 0 aliphatic heterocycles. The standard InChI is InChI=1S/C7H17NO2.C4H10/c1-10-6-7(8)4-2-3-5-9;1-4(2)3/h7,9H,2-6,8H2,1H3;4H,1-3H3. The van der Waals surface area contributed by atoms with Gasteiger partial charge in [0, 0.05) is 19.8 Å². The zero-order valence-electron chi connectivity index (χ0n) is 10.1. The summed E-state index contributed by atoms with van der Waals surface area (Å²) in [4.78, 5) is 0. The van der Waals surface area contributed by atoms with Gasteiger partial charge in [0.1, 0.15) is 0 Å². The summed E-state index contributed by atoms with van der Waals surface area (Å²) in [6.07, 6.45) is 2.77. The molecule has 1 atom stereocenters. The van der Waals surface area contributed by atoms with Gasteiger partial charge in [0.05, 0.1) is 6.61 Å². The highest BCUT2D eigenvalue weighted by Crippen LogP contribution is 1.97. The van der Waals surface area contributed by atoms with Crippen molar-refractivity contribution in [2.45, 2.75) is 46.1 Å². The molecular formula is C11H27NO2. The zero-order valence-corrected chi connectivity index (χ0v) is 10.1. The fourth-order valence-electron chi connectivity index (χ4n) is 0.816. The van der Waals surface area contributed by atoms with Gasteiger partial charge in [-0.1, -0.05) is 20.8 Å². The largest absolute Gasteiger partial charge is 0.396 e. The van der Waals surface area contributed by atoms with Crippen molar-refractivity contribution in [3.63, 3.8) is 0 Å². The molecule has 0 radical (unpaired) electrons. The molecule has 0 heterocycles. The first-order valence-corrected chi connectivity index (χ1v) is 5.40. The second kappa shape index (κ2) is 12.9. The van der Waals surface area contributed by atoms with Crippen LogP contribution in [-0.4, -0.2) is 31.5 Å². The Morgan fingerprint density at radius 3 is 2.07 bits per heavy atom. The lowest BCUT2D eigenvalue weighted by atomic mass is 10.1. The van der Waals surface area contributed by atoms with Crippen LogP contribution in [0.3, 0.4) is 0 Å². The molecule has 0 amide bonds. The van der Waals surface area contributed by atoms with E-state index in [4.69, 9.17) is 15.6 Å². The van der Waals surface area contributed by atoms with Gasteiger partial charge in [0.25, 0.3) is 0 Å². The van der Waals surface area contributed by atoms with E-state index in [-0.39, 0.29) is 12.6 Å². The summed E-state index contributed by atoms with van der Waals surface area (Å²) in [5.41, 5.74) is 5.62. The zero-order chi connectivity index (χ0) is 11.4. The Hall–Kier alpha value is -0.120. The van der Waals surface area contributed by atoms with Gasteiger partial charge < -0.3 is 15.6 Å². The fraction of sp³-hybridized carbons (Fsp3) is 1.00. The summed E-state index contributed by atoms with van der Waals surface area (Å²) >= 11 is 0. The van der Waals surface area contributed by atoms with Gasteiger partial charge in [-0.25, -0.2) is 0 Å². The third kappa shape index (κ3) is 22.6. The Balaban J connectivity index is 0. The monoisotopic (exact) mass is 205 g/mol. The number of unbranched alkanes of at least 4 members (excludes halogenated alkanes) is 1. The van der Waals surface area contributed by atoms with E-state index in [0.717, 1.165) is 25.2 Å². The van der Waals surface area contributed by atoms with E-state index in [1.165, 1.54) is 0 Å². The lowest BCUT2D eigenvalue weighted by Crippen LogP contribution is -2.25. The summed E-state index contributed by atoms with van der Waals surface area (Å²) in [5, 5.41) is 8.44. The molecule has 0 aromatic heterocycles. The second-order valence-corrected chi connectivity index (χ2v) is 4.17. The smallest absolute Gasteiger partial charge is 0.0613 e. The van der Waals surface area contributed by atoms with Crippen LogP contribution in [0.25, 0.3) is 0 Å². The van der Waals surface area contributed by atoms with Crippen LogP contribution in [0.1, 0.15) is 40.0 Å². The minimum absolute atomic E-state index is 0.136. The Morgan fingerprint density at radius 2 is 1.71 bits per heavy atom. The van der Waals surface area contributed by atoms with Gasteiger partial charge in [-0.05, 0) is 25.2 Å². The van der Waals surface area contributed by atoms with E-state index in [2.05, 4.69) is 20.8 Å². The third-order valence-corrected chi connectivity index (χ3v) is 1.36. The van der Waals surface area contributed by atoms with Crippen LogP contribution in [0.2, 0.25) is 0 Å². The minimum Gasteiger partial charge on any atom is -0.396 e. The number of nitrogens with two attached hydrogens (primary N) is 1. The summed E-state index contributed by atoms with van der Waals surface area (Å²) < 4.78 is 4.85. The fourth-order valence-corrected chi connectivity index (χ4v) is 0.816. The first-order valence-electron chi connectivity index (χ1n) is 5.40. The highest BCUT2D eigenvalue weighted by atomic mass is 16.5. The van der Waals surface area contributed by atoms with Gasteiger partial charge in [-0.3, -0.25) is 0 Å². The van der Waals surface area contributed by atoms with Crippen LogP contribution in [0.5, 0.6) is 0 Å². The number of hydrogen-bond acceptors (Lipinski definition) is 3. The number of aliphatic hydroxyl groups excluding tert-OH is 1. The minimum atomic E-state index is 0.136. The van der Waals surface area contributed by atoms with Gasteiger partial charge in [-0.2, -0.15) is 0 Å². The Kier molecular flexibility index (Phi) is 15.0. The van der Waals surface area contributed by atoms with Crippen LogP contribution in [0.4, 0.5) is 0 Å². The summed E-state index contributed by atoms with van der Waals surface area (Å²) in [5.74, 6) is 0.833. The van der Waals surface area contributed by atoms with Crippen molar-refractivity contribution < 1.29 is 9.84 Å². The molecule has 0 fully saturated rings. The van der Waals surface area contributed by atoms with E-state index in [1.807, 2.05) is 0 Å². The molecule has 3 nitrogen and oxygen atoms in total. The molecule has 0 aliphatic rings. The molecule has 0 bridgehead atoms. The molecule has 3 heteroatoms. The Bertz CT molecular complexity index is 94.5. The lowest BCUT2D eigenvalue weighted by molar-refractivity contribution is 0.174. The molecule has 0 spiro atoms. The SMILES string of the molecule is CC(C)C.COCC(N)CCCCO. The van der Waals surface area contributed by atoms with Crippen LogP contribution < -0.4 is 5.73 Å². The van der Waals surface area contributed by atoms with E-state index in [9.17, 15) is 0 Å². The maximum atomic E-state index is 8.44. The average molecular weight is 205 g/mol. The van der Waals surface area contributed by atoms with Crippen molar-refractivity contribution in [3.8, 4) is 0 Å². The van der Waals surface area contributed by atoms with Crippen molar-refractivity contribution in [1.82, 2.24) is 0 Å². The highest BCUT2D eigenvalue weighted by Gasteiger charge is 1.99. The maximum absolute atomic E-state index is 8.44. The molecule has 0 aliphatic carbocycles. The predicted octanol–water partition coefficient (Wildman–Crippen LogP) is 1.78. The van der Waals surface area contributed by atoms with Gasteiger partial charge >= 0.3 is 0 Å². The summed E-state index contributed by atoms with van der Waals surface area (Å²) in [7, 11) is 1.64. The molecule has 0 aromatic rings. The highest BCUT2D eigenvalue weighted by molar-refractivity contribution is 4.58. The van der Waals surface area contributed by atoms with Crippen LogP contribution >= 0.6 is 0 Å². The number of aliphatic hydroxyl groups is 1. The summed E-state index contributed by atoms with van der Waals surface area (Å²) in [6, 6.07) is 0.136.